The fourth-order valence-corrected chi connectivity index (χ4v) is 7.61. The van der Waals surface area contributed by atoms with E-state index in [-0.39, 0.29) is 17.2 Å². The van der Waals surface area contributed by atoms with Crippen LogP contribution in [0.15, 0.2) is 101 Å². The number of aromatic nitrogens is 5. The normalized spacial score (nSPS) is 11.7. The van der Waals surface area contributed by atoms with E-state index in [0.717, 1.165) is 44.6 Å². The van der Waals surface area contributed by atoms with Gasteiger partial charge in [-0.25, -0.2) is 9.48 Å². The summed E-state index contributed by atoms with van der Waals surface area (Å²) in [6.45, 7) is 5.43. The number of thioether (sulfide) groups is 1. The van der Waals surface area contributed by atoms with Crippen LogP contribution in [0.1, 0.15) is 30.7 Å². The van der Waals surface area contributed by atoms with Crippen molar-refractivity contribution in [2.45, 2.75) is 42.1 Å². The number of nitrogens with one attached hydrogen (secondary N) is 2. The largest absolute Gasteiger partial charge is 0.507 e. The zero-order chi connectivity index (χ0) is 35.4. The third-order valence-corrected chi connectivity index (χ3v) is 10.4. The Balaban J connectivity index is 1.21. The van der Waals surface area contributed by atoms with Crippen LogP contribution < -0.4 is 10.6 Å². The number of phenols is 1. The lowest BCUT2D eigenvalue weighted by molar-refractivity contribution is 0.251. The molecular weight excluding hydrogens is 688 g/mol. The van der Waals surface area contributed by atoms with E-state index in [2.05, 4.69) is 58.0 Å². The van der Waals surface area contributed by atoms with Gasteiger partial charge in [-0.05, 0) is 80.0 Å². The number of carbonyl (C=O) groups is 1. The molecule has 0 aliphatic heterocycles. The number of pyridine rings is 1. The van der Waals surface area contributed by atoms with Gasteiger partial charge in [0.25, 0.3) is 0 Å². The van der Waals surface area contributed by atoms with Crippen molar-refractivity contribution in [3.8, 4) is 22.8 Å². The molecule has 258 valence electrons. The lowest BCUT2D eigenvalue weighted by atomic mass is 9.92. The lowest BCUT2D eigenvalue weighted by Gasteiger charge is -2.20. The van der Waals surface area contributed by atoms with Gasteiger partial charge in [0, 0.05) is 51.3 Å². The SMILES string of the molecule is CSCC(C)(C)c1cc(NC(=O)NCc2ccccc2Sc2ccc3nnc(-c4cc(Cl)ccc4O)n3c2)n(-c2cccc(CN(C)C)c2)n1. The Kier molecular flexibility index (Phi) is 10.7. The molecule has 0 aliphatic carbocycles. The molecule has 0 aliphatic rings. The maximum atomic E-state index is 13.4. The van der Waals surface area contributed by atoms with Crippen LogP contribution in [0.5, 0.6) is 5.75 Å². The maximum absolute atomic E-state index is 13.4. The van der Waals surface area contributed by atoms with Gasteiger partial charge < -0.3 is 15.3 Å². The molecule has 0 bridgehead atoms. The minimum Gasteiger partial charge on any atom is -0.507 e. The lowest BCUT2D eigenvalue weighted by Crippen LogP contribution is -2.29. The molecule has 0 radical (unpaired) electrons. The van der Waals surface area contributed by atoms with Gasteiger partial charge in [0.2, 0.25) is 0 Å². The van der Waals surface area contributed by atoms with Crippen molar-refractivity contribution in [2.75, 3.05) is 31.4 Å². The second-order valence-corrected chi connectivity index (χ2v) is 15.3. The molecule has 3 N–H and O–H groups in total. The standard InChI is InChI=1S/C37H39ClN8O2S2/c1-37(2,23-49-5)32-19-34(46(43-32)27-11-8-9-24(17-27)21-44(3)4)40-36(48)39-20-25-10-6-7-12-31(25)50-28-14-16-33-41-42-35(45(33)22-28)29-18-26(38)13-15-30(29)47/h6-19,22,47H,20-21,23H2,1-5H3,(H2,39,40,48). The molecule has 10 nitrogen and oxygen atoms in total. The van der Waals surface area contributed by atoms with Gasteiger partial charge in [0.15, 0.2) is 11.5 Å². The number of aromatic hydroxyl groups is 1. The van der Waals surface area contributed by atoms with E-state index in [1.54, 1.807) is 41.7 Å². The number of urea groups is 1. The molecule has 13 heteroatoms. The van der Waals surface area contributed by atoms with Gasteiger partial charge in [-0.15, -0.1) is 10.2 Å². The van der Waals surface area contributed by atoms with Crippen LogP contribution in [0, 0.1) is 0 Å². The predicted octanol–water partition coefficient (Wildman–Crippen LogP) is 8.12. The average molecular weight is 727 g/mol. The molecule has 6 aromatic rings. The Morgan fingerprint density at radius 2 is 1.82 bits per heavy atom. The fraction of sp³-hybridized carbons (Fsp3) is 0.243. The molecule has 3 heterocycles. The van der Waals surface area contributed by atoms with Gasteiger partial charge >= 0.3 is 6.03 Å². The second-order valence-electron chi connectivity index (χ2n) is 12.8. The molecule has 0 spiro atoms. The first-order valence-electron chi connectivity index (χ1n) is 16.0. The van der Waals surface area contributed by atoms with Crippen molar-refractivity contribution in [3.63, 3.8) is 0 Å². The first-order valence-corrected chi connectivity index (χ1v) is 18.6. The Hall–Kier alpha value is -4.49. The van der Waals surface area contributed by atoms with Crippen LogP contribution in [-0.2, 0) is 18.5 Å². The number of hydrogen-bond acceptors (Lipinski definition) is 8. The van der Waals surface area contributed by atoms with Crippen molar-refractivity contribution in [1.29, 1.82) is 0 Å². The van der Waals surface area contributed by atoms with Crippen LogP contribution in [0.2, 0.25) is 5.02 Å². The summed E-state index contributed by atoms with van der Waals surface area (Å²) in [7, 11) is 4.08. The van der Waals surface area contributed by atoms with Crippen LogP contribution in [0.3, 0.4) is 0 Å². The highest BCUT2D eigenvalue weighted by atomic mass is 35.5. The fourth-order valence-electron chi connectivity index (χ4n) is 5.60. The molecule has 0 atom stereocenters. The summed E-state index contributed by atoms with van der Waals surface area (Å²) in [5.41, 5.74) is 4.83. The number of carbonyl (C=O) groups excluding carboxylic acids is 1. The molecule has 0 saturated heterocycles. The molecule has 50 heavy (non-hydrogen) atoms. The number of amides is 2. The van der Waals surface area contributed by atoms with Crippen LogP contribution in [-0.4, -0.2) is 66.5 Å². The summed E-state index contributed by atoms with van der Waals surface area (Å²) in [5, 5.41) is 30.6. The molecule has 0 fully saturated rings. The number of hydrogen-bond donors (Lipinski definition) is 3. The number of rotatable bonds is 12. The van der Waals surface area contributed by atoms with E-state index < -0.39 is 0 Å². The molecule has 3 aromatic heterocycles. The van der Waals surface area contributed by atoms with Crippen molar-refractivity contribution in [3.05, 3.63) is 113 Å². The average Bonchev–Trinajstić information content (AvgIpc) is 3.70. The van der Waals surface area contributed by atoms with Gasteiger partial charge in [-0.1, -0.05) is 67.5 Å². The summed E-state index contributed by atoms with van der Waals surface area (Å²) in [4.78, 5) is 17.5. The zero-order valence-corrected chi connectivity index (χ0v) is 30.9. The highest BCUT2D eigenvalue weighted by Gasteiger charge is 2.26. The summed E-state index contributed by atoms with van der Waals surface area (Å²) in [6.07, 6.45) is 4.01. The number of nitrogens with zero attached hydrogens (tertiary/aromatic N) is 6. The Labute approximate surface area is 305 Å². The number of fused-ring (bicyclic) bond motifs is 1. The van der Waals surface area contributed by atoms with E-state index >= 15 is 0 Å². The van der Waals surface area contributed by atoms with Crippen molar-refractivity contribution in [2.24, 2.45) is 0 Å². The molecule has 0 unspecified atom stereocenters. The van der Waals surface area contributed by atoms with Crippen LogP contribution in [0.25, 0.3) is 22.7 Å². The van der Waals surface area contributed by atoms with Gasteiger partial charge in [0.1, 0.15) is 11.6 Å². The van der Waals surface area contributed by atoms with Gasteiger partial charge in [-0.3, -0.25) is 9.72 Å². The van der Waals surface area contributed by atoms with Gasteiger partial charge in [0.05, 0.1) is 16.9 Å². The number of halogens is 1. The quantitative estimate of drug-likeness (QED) is 0.116. The molecule has 3 aromatic carbocycles. The Morgan fingerprint density at radius 3 is 2.62 bits per heavy atom. The number of anilines is 1. The van der Waals surface area contributed by atoms with E-state index in [4.69, 9.17) is 16.7 Å². The molecule has 2 amide bonds. The van der Waals surface area contributed by atoms with E-state index in [1.165, 1.54) is 0 Å². The first-order chi connectivity index (χ1) is 24.0. The van der Waals surface area contributed by atoms with Crippen molar-refractivity contribution >= 4 is 52.6 Å². The van der Waals surface area contributed by atoms with E-state index in [0.29, 0.717) is 34.4 Å². The molecule has 6 rings (SSSR count). The van der Waals surface area contributed by atoms with Crippen LogP contribution >= 0.6 is 35.1 Å². The third-order valence-electron chi connectivity index (χ3n) is 8.02. The summed E-state index contributed by atoms with van der Waals surface area (Å²) in [5.74, 6) is 2.04. The van der Waals surface area contributed by atoms with Crippen molar-refractivity contribution in [1.82, 2.24) is 34.6 Å². The number of benzene rings is 3. The highest BCUT2D eigenvalue weighted by molar-refractivity contribution is 7.99. The third kappa shape index (κ3) is 8.10. The minimum atomic E-state index is -0.332. The monoisotopic (exact) mass is 726 g/mol. The Morgan fingerprint density at radius 1 is 1.00 bits per heavy atom. The van der Waals surface area contributed by atoms with Crippen LogP contribution in [0.4, 0.5) is 10.6 Å². The van der Waals surface area contributed by atoms with Gasteiger partial charge in [-0.2, -0.15) is 16.9 Å². The topological polar surface area (TPSA) is 113 Å². The second kappa shape index (κ2) is 15.2. The van der Waals surface area contributed by atoms with Crippen molar-refractivity contribution < 1.29 is 9.90 Å². The highest BCUT2D eigenvalue weighted by Crippen LogP contribution is 2.34. The molecule has 0 saturated carbocycles. The smallest absolute Gasteiger partial charge is 0.320 e. The van der Waals surface area contributed by atoms with E-state index in [1.807, 2.05) is 84.0 Å². The summed E-state index contributed by atoms with van der Waals surface area (Å²) < 4.78 is 3.65. The number of phenolic OH excluding ortho intramolecular Hbond substituents is 1. The maximum Gasteiger partial charge on any atom is 0.320 e. The summed E-state index contributed by atoms with van der Waals surface area (Å²) >= 11 is 9.54. The minimum absolute atomic E-state index is 0.0669. The first kappa shape index (κ1) is 35.3. The summed E-state index contributed by atoms with van der Waals surface area (Å²) in [6, 6.07) is 26.5. The Bertz CT molecular complexity index is 2150. The van der Waals surface area contributed by atoms with E-state index in [9.17, 15) is 9.90 Å². The zero-order valence-electron chi connectivity index (χ0n) is 28.5. The molecular formula is C37H39ClN8O2S2. The predicted molar refractivity (Wildman–Crippen MR) is 204 cm³/mol.